The van der Waals surface area contributed by atoms with Crippen LogP contribution >= 0.6 is 23.2 Å². The van der Waals surface area contributed by atoms with Crippen molar-refractivity contribution in [1.82, 2.24) is 5.32 Å². The average Bonchev–Trinajstić information content (AvgIpc) is 2.88. The highest BCUT2D eigenvalue weighted by Crippen LogP contribution is 2.33. The molecule has 9 heteroatoms. The zero-order chi connectivity index (χ0) is 25.5. The molecular formula is C27H29Cl2NO6. The lowest BCUT2D eigenvalue weighted by Crippen LogP contribution is -2.33. The molecule has 0 unspecified atom stereocenters. The van der Waals surface area contributed by atoms with Crippen molar-refractivity contribution in [3.63, 3.8) is 0 Å². The Morgan fingerprint density at radius 2 is 1.86 bits per heavy atom. The van der Waals surface area contributed by atoms with E-state index in [9.17, 15) is 15.3 Å². The third kappa shape index (κ3) is 6.82. The molecule has 1 aliphatic heterocycles. The van der Waals surface area contributed by atoms with Gasteiger partial charge >= 0.3 is 0 Å². The Hall–Kier alpha value is -2.52. The summed E-state index contributed by atoms with van der Waals surface area (Å²) in [5.74, 6) is 1.38. The number of hydrogen-bond donors (Lipinski definition) is 4. The van der Waals surface area contributed by atoms with Crippen LogP contribution < -0.4 is 14.8 Å². The van der Waals surface area contributed by atoms with Gasteiger partial charge in [-0.2, -0.15) is 0 Å². The molecule has 4 N–H and O–H groups in total. The van der Waals surface area contributed by atoms with Gasteiger partial charge in [-0.05, 0) is 60.5 Å². The maximum Gasteiger partial charge on any atom is 0.162 e. The summed E-state index contributed by atoms with van der Waals surface area (Å²) in [4.78, 5) is 0. The number of fused-ring (bicyclic) bond motifs is 1. The van der Waals surface area contributed by atoms with E-state index in [1.165, 1.54) is 6.07 Å². The Labute approximate surface area is 220 Å². The second-order valence-corrected chi connectivity index (χ2v) is 9.38. The van der Waals surface area contributed by atoms with Crippen molar-refractivity contribution in [1.29, 1.82) is 0 Å². The Bertz CT molecular complexity index is 1150. The van der Waals surface area contributed by atoms with Crippen LogP contribution in [0.5, 0.6) is 17.2 Å². The molecule has 0 amide bonds. The summed E-state index contributed by atoms with van der Waals surface area (Å²) in [6.07, 6.45) is -0.276. The third-order valence-corrected chi connectivity index (χ3v) is 6.63. The molecule has 0 aromatic heterocycles. The highest BCUT2D eigenvalue weighted by molar-refractivity contribution is 6.35. The van der Waals surface area contributed by atoms with Gasteiger partial charge in [-0.1, -0.05) is 41.4 Å². The van der Waals surface area contributed by atoms with Crippen LogP contribution in [0.4, 0.5) is 0 Å². The van der Waals surface area contributed by atoms with Crippen LogP contribution in [0.15, 0.2) is 54.6 Å². The van der Waals surface area contributed by atoms with Crippen molar-refractivity contribution in [2.45, 2.75) is 31.8 Å². The predicted octanol–water partition coefficient (Wildman–Crippen LogP) is 4.41. The molecule has 7 nitrogen and oxygen atoms in total. The summed E-state index contributed by atoms with van der Waals surface area (Å²) < 4.78 is 17.7. The molecular weight excluding hydrogens is 505 g/mol. The molecule has 0 saturated heterocycles. The molecule has 2 atom stereocenters. The van der Waals surface area contributed by atoms with Crippen LogP contribution in [0.3, 0.4) is 0 Å². The molecule has 0 aliphatic carbocycles. The number of phenols is 1. The third-order valence-electron chi connectivity index (χ3n) is 5.93. The molecule has 3 aromatic rings. The van der Waals surface area contributed by atoms with Crippen LogP contribution in [0.1, 0.15) is 28.4 Å². The average molecular weight is 534 g/mol. The number of halogens is 2. The van der Waals surface area contributed by atoms with Crippen molar-refractivity contribution in [2.24, 2.45) is 0 Å². The second-order valence-electron chi connectivity index (χ2n) is 8.56. The first-order valence-corrected chi connectivity index (χ1v) is 12.4. The molecule has 0 bridgehead atoms. The number of hydrogen-bond acceptors (Lipinski definition) is 7. The molecule has 3 aromatic carbocycles. The maximum absolute atomic E-state index is 10.4. The molecule has 1 heterocycles. The van der Waals surface area contributed by atoms with E-state index in [1.54, 1.807) is 30.3 Å². The summed E-state index contributed by atoms with van der Waals surface area (Å²) in [7, 11) is 0. The van der Waals surface area contributed by atoms with Gasteiger partial charge in [-0.3, -0.25) is 0 Å². The molecule has 0 radical (unpaired) electrons. The van der Waals surface area contributed by atoms with E-state index in [0.717, 1.165) is 17.5 Å². The fraction of sp³-hybridized carbons (Fsp3) is 0.333. The number of aliphatic hydroxyl groups excluding tert-OH is 2. The lowest BCUT2D eigenvalue weighted by Gasteiger charge is -2.27. The molecule has 0 saturated carbocycles. The number of rotatable bonds is 11. The largest absolute Gasteiger partial charge is 0.508 e. The Morgan fingerprint density at radius 3 is 2.64 bits per heavy atom. The summed E-state index contributed by atoms with van der Waals surface area (Å²) in [6, 6.07) is 15.9. The van der Waals surface area contributed by atoms with Crippen molar-refractivity contribution < 1.29 is 29.5 Å². The molecule has 36 heavy (non-hydrogen) atoms. The molecule has 4 rings (SSSR count). The van der Waals surface area contributed by atoms with Crippen LogP contribution in [0, 0.1) is 0 Å². The SMILES string of the molecule is OCc1cc([C@@H](O)CNCCc2ccc3c(c2)O[C@H](COCc2c(Cl)cccc2Cl)CO3)ccc1O. The van der Waals surface area contributed by atoms with E-state index in [2.05, 4.69) is 5.32 Å². The van der Waals surface area contributed by atoms with Gasteiger partial charge in [0.1, 0.15) is 12.4 Å². The Balaban J connectivity index is 1.23. The van der Waals surface area contributed by atoms with Crippen LogP contribution in [0.25, 0.3) is 0 Å². The van der Waals surface area contributed by atoms with Crippen molar-refractivity contribution in [3.05, 3.63) is 86.9 Å². The van der Waals surface area contributed by atoms with Crippen LogP contribution in [0.2, 0.25) is 10.0 Å². The summed E-state index contributed by atoms with van der Waals surface area (Å²) in [5.41, 5.74) is 2.83. The van der Waals surface area contributed by atoms with Crippen LogP contribution in [-0.4, -0.2) is 47.7 Å². The van der Waals surface area contributed by atoms with Gasteiger partial charge in [0, 0.05) is 27.7 Å². The quantitative estimate of drug-likeness (QED) is 0.271. The number of aliphatic hydroxyl groups is 2. The fourth-order valence-electron chi connectivity index (χ4n) is 3.89. The zero-order valence-corrected chi connectivity index (χ0v) is 21.1. The van der Waals surface area contributed by atoms with Gasteiger partial charge in [-0.15, -0.1) is 0 Å². The standard InChI is InChI=1S/C27H29Cl2NO6/c28-22-2-1-3-23(29)21(22)16-34-14-20-15-35-26-7-4-17(10-27(26)36-20)8-9-30-12-25(33)18-5-6-24(32)19(11-18)13-31/h1-7,10-11,20,25,30-33H,8-9,12-16H2/t20-,25+/m1/s1. The highest BCUT2D eigenvalue weighted by atomic mass is 35.5. The zero-order valence-electron chi connectivity index (χ0n) is 19.6. The first-order valence-electron chi connectivity index (χ1n) is 11.7. The second kappa shape index (κ2) is 12.6. The Kier molecular flexibility index (Phi) is 9.31. The van der Waals surface area contributed by atoms with Gasteiger partial charge in [-0.25, -0.2) is 0 Å². The van der Waals surface area contributed by atoms with Crippen molar-refractivity contribution >= 4 is 23.2 Å². The van der Waals surface area contributed by atoms with Crippen molar-refractivity contribution in [3.8, 4) is 17.2 Å². The van der Waals surface area contributed by atoms with E-state index in [-0.39, 0.29) is 25.1 Å². The smallest absolute Gasteiger partial charge is 0.162 e. The molecule has 0 fully saturated rings. The number of aromatic hydroxyl groups is 1. The van der Waals surface area contributed by atoms with Gasteiger partial charge in [0.25, 0.3) is 0 Å². The van der Waals surface area contributed by atoms with E-state index in [0.29, 0.717) is 59.0 Å². The number of benzene rings is 3. The lowest BCUT2D eigenvalue weighted by atomic mass is 10.1. The molecule has 0 spiro atoms. The number of ether oxygens (including phenoxy) is 3. The fourth-order valence-corrected chi connectivity index (χ4v) is 4.40. The predicted molar refractivity (Wildman–Crippen MR) is 138 cm³/mol. The van der Waals surface area contributed by atoms with E-state index in [4.69, 9.17) is 37.4 Å². The van der Waals surface area contributed by atoms with Gasteiger partial charge < -0.3 is 34.8 Å². The Morgan fingerprint density at radius 1 is 1.06 bits per heavy atom. The number of nitrogens with one attached hydrogen (secondary N) is 1. The molecule has 192 valence electrons. The lowest BCUT2D eigenvalue weighted by molar-refractivity contribution is 0.00270. The van der Waals surface area contributed by atoms with Gasteiger partial charge in [0.05, 0.1) is 25.9 Å². The first kappa shape index (κ1) is 26.5. The van der Waals surface area contributed by atoms with Crippen molar-refractivity contribution in [2.75, 3.05) is 26.3 Å². The topological polar surface area (TPSA) is 100 Å². The highest BCUT2D eigenvalue weighted by Gasteiger charge is 2.22. The minimum Gasteiger partial charge on any atom is -0.508 e. The summed E-state index contributed by atoms with van der Waals surface area (Å²) in [5, 5.41) is 33.7. The monoisotopic (exact) mass is 533 g/mol. The normalized spacial score (nSPS) is 15.6. The van der Waals surface area contributed by atoms with Gasteiger partial charge in [0.15, 0.2) is 17.6 Å². The van der Waals surface area contributed by atoms with E-state index < -0.39 is 6.10 Å². The summed E-state index contributed by atoms with van der Waals surface area (Å²) >= 11 is 12.4. The summed E-state index contributed by atoms with van der Waals surface area (Å²) in [6.45, 7) is 1.71. The molecule has 1 aliphatic rings. The first-order chi connectivity index (χ1) is 17.4. The van der Waals surface area contributed by atoms with Crippen LogP contribution in [-0.2, 0) is 24.4 Å². The minimum atomic E-state index is -0.752. The van der Waals surface area contributed by atoms with Gasteiger partial charge in [0.2, 0.25) is 0 Å². The minimum absolute atomic E-state index is 0.0128. The van der Waals surface area contributed by atoms with E-state index in [1.807, 2.05) is 18.2 Å². The maximum atomic E-state index is 10.4. The van der Waals surface area contributed by atoms with E-state index >= 15 is 0 Å².